The molecule has 1 heterocycles. The van der Waals surface area contributed by atoms with Gasteiger partial charge in [-0.1, -0.05) is 6.92 Å². The zero-order valence-electron chi connectivity index (χ0n) is 6.37. The number of nitrogens with zero attached hydrogens (tertiary/aromatic N) is 2. The van der Waals surface area contributed by atoms with Crippen molar-refractivity contribution in [1.29, 1.82) is 0 Å². The van der Waals surface area contributed by atoms with Crippen LogP contribution in [0, 0.1) is 5.92 Å². The molecule has 1 unspecified atom stereocenters. The average molecular weight is 156 g/mol. The van der Waals surface area contributed by atoms with Gasteiger partial charge in [0.15, 0.2) is 0 Å². The average Bonchev–Trinajstić information content (AvgIpc) is 2.38. The molecule has 0 aliphatic carbocycles. The summed E-state index contributed by atoms with van der Waals surface area (Å²) in [5.41, 5.74) is 0. The third kappa shape index (κ3) is 1.84. The molecule has 0 aromatic carbocycles. The van der Waals surface area contributed by atoms with E-state index in [1.165, 1.54) is 0 Å². The fraction of sp³-hybridized carbons (Fsp3) is 0.714. The first-order chi connectivity index (χ1) is 4.84. The van der Waals surface area contributed by atoms with Crippen molar-refractivity contribution in [2.24, 2.45) is 15.9 Å². The Morgan fingerprint density at radius 3 is 3.10 bits per heavy atom. The smallest absolute Gasteiger partial charge is 0.126 e. The Bertz CT molecular complexity index is 163. The molecule has 1 rings (SSSR count). The van der Waals surface area contributed by atoms with Crippen LogP contribution in [0.25, 0.3) is 0 Å². The van der Waals surface area contributed by atoms with Gasteiger partial charge >= 0.3 is 0 Å². The van der Waals surface area contributed by atoms with Gasteiger partial charge in [0, 0.05) is 17.9 Å². The number of hydrogen-bond donors (Lipinski definition) is 0. The fourth-order valence-corrected chi connectivity index (χ4v) is 1.57. The zero-order chi connectivity index (χ0) is 7.40. The highest BCUT2D eigenvalue weighted by Gasteiger charge is 2.09. The minimum Gasteiger partial charge on any atom is -0.264 e. The maximum Gasteiger partial charge on any atom is 0.126 e. The van der Waals surface area contributed by atoms with E-state index in [9.17, 15) is 0 Å². The largest absolute Gasteiger partial charge is 0.264 e. The predicted molar refractivity (Wildman–Crippen MR) is 48.3 cm³/mol. The van der Waals surface area contributed by atoms with Crippen LogP contribution in [-0.4, -0.2) is 30.6 Å². The van der Waals surface area contributed by atoms with Crippen LogP contribution >= 0.6 is 11.8 Å². The van der Waals surface area contributed by atoms with Crippen LogP contribution in [-0.2, 0) is 0 Å². The molecule has 0 saturated heterocycles. The summed E-state index contributed by atoms with van der Waals surface area (Å²) >= 11 is 1.84. The van der Waals surface area contributed by atoms with Gasteiger partial charge in [-0.15, -0.1) is 0 Å². The molecule has 0 amide bonds. The summed E-state index contributed by atoms with van der Waals surface area (Å²) in [6, 6.07) is 0. The first-order valence-corrected chi connectivity index (χ1v) is 4.79. The van der Waals surface area contributed by atoms with E-state index in [4.69, 9.17) is 0 Å². The van der Waals surface area contributed by atoms with Crippen molar-refractivity contribution in [2.75, 3.05) is 18.6 Å². The number of amidine groups is 1. The van der Waals surface area contributed by atoms with Crippen molar-refractivity contribution in [1.82, 2.24) is 0 Å². The zero-order valence-corrected chi connectivity index (χ0v) is 7.19. The predicted octanol–water partition coefficient (Wildman–Crippen LogP) is 1.47. The molecule has 0 saturated carbocycles. The minimum atomic E-state index is 0.522. The van der Waals surface area contributed by atoms with Crippen LogP contribution < -0.4 is 0 Å². The van der Waals surface area contributed by atoms with Gasteiger partial charge in [-0.25, -0.2) is 4.99 Å². The Labute approximate surface area is 65.8 Å². The molecule has 1 atom stereocenters. The lowest BCUT2D eigenvalue weighted by Crippen LogP contribution is -2.08. The SMILES string of the molecule is CSCC(C)C1=NCC=N1. The summed E-state index contributed by atoms with van der Waals surface area (Å²) in [6.45, 7) is 2.95. The van der Waals surface area contributed by atoms with E-state index in [-0.39, 0.29) is 0 Å². The highest BCUT2D eigenvalue weighted by molar-refractivity contribution is 7.98. The quantitative estimate of drug-likeness (QED) is 0.607. The van der Waals surface area contributed by atoms with Crippen LogP contribution in [0.4, 0.5) is 0 Å². The lowest BCUT2D eigenvalue weighted by Gasteiger charge is -2.05. The third-order valence-corrected chi connectivity index (χ3v) is 2.25. The highest BCUT2D eigenvalue weighted by atomic mass is 32.2. The molecule has 56 valence electrons. The molecule has 0 aromatic heterocycles. The van der Waals surface area contributed by atoms with E-state index in [1.54, 1.807) is 0 Å². The van der Waals surface area contributed by atoms with Crippen molar-refractivity contribution in [2.45, 2.75) is 6.92 Å². The number of aliphatic imine (C=N–C) groups is 2. The molecule has 3 heteroatoms. The summed E-state index contributed by atoms with van der Waals surface area (Å²) in [4.78, 5) is 8.40. The monoisotopic (exact) mass is 156 g/mol. The Morgan fingerprint density at radius 2 is 2.60 bits per heavy atom. The first-order valence-electron chi connectivity index (χ1n) is 3.40. The van der Waals surface area contributed by atoms with Crippen molar-refractivity contribution in [3.05, 3.63) is 0 Å². The van der Waals surface area contributed by atoms with Gasteiger partial charge in [-0.2, -0.15) is 11.8 Å². The standard InChI is InChI=1S/C7H12N2S/c1-6(5-10-2)7-8-3-4-9-7/h3,6H,4-5H2,1-2H3. The second-order valence-corrected chi connectivity index (χ2v) is 3.28. The normalized spacial score (nSPS) is 19.2. The van der Waals surface area contributed by atoms with Gasteiger partial charge in [0.05, 0.1) is 6.54 Å². The molecule has 0 bridgehead atoms. The summed E-state index contributed by atoms with van der Waals surface area (Å²) < 4.78 is 0. The molecular formula is C7H12N2S. The van der Waals surface area contributed by atoms with E-state index in [0.29, 0.717) is 5.92 Å². The molecule has 10 heavy (non-hydrogen) atoms. The first kappa shape index (κ1) is 7.79. The third-order valence-electron chi connectivity index (χ3n) is 1.42. The van der Waals surface area contributed by atoms with E-state index < -0.39 is 0 Å². The molecule has 0 radical (unpaired) electrons. The Morgan fingerprint density at radius 1 is 1.80 bits per heavy atom. The van der Waals surface area contributed by atoms with E-state index in [2.05, 4.69) is 23.2 Å². The summed E-state index contributed by atoms with van der Waals surface area (Å²) in [6.07, 6.45) is 3.97. The molecule has 1 aliphatic rings. The van der Waals surface area contributed by atoms with Gasteiger partial charge in [0.25, 0.3) is 0 Å². The minimum absolute atomic E-state index is 0.522. The van der Waals surface area contributed by atoms with Crippen LogP contribution in [0.15, 0.2) is 9.98 Å². The molecule has 0 aromatic rings. The Kier molecular flexibility index (Phi) is 2.93. The van der Waals surface area contributed by atoms with Crippen LogP contribution in [0.2, 0.25) is 0 Å². The van der Waals surface area contributed by atoms with Crippen molar-refractivity contribution in [3.8, 4) is 0 Å². The maximum absolute atomic E-state index is 4.24. The topological polar surface area (TPSA) is 24.7 Å². The van der Waals surface area contributed by atoms with Gasteiger partial charge in [0.1, 0.15) is 5.84 Å². The van der Waals surface area contributed by atoms with Crippen molar-refractivity contribution < 1.29 is 0 Å². The van der Waals surface area contributed by atoms with Crippen LogP contribution in [0.1, 0.15) is 6.92 Å². The molecule has 0 fully saturated rings. The van der Waals surface area contributed by atoms with Crippen molar-refractivity contribution >= 4 is 23.8 Å². The van der Waals surface area contributed by atoms with Crippen LogP contribution in [0.5, 0.6) is 0 Å². The van der Waals surface area contributed by atoms with E-state index in [1.807, 2.05) is 18.0 Å². The fourth-order valence-electron chi connectivity index (χ4n) is 0.917. The van der Waals surface area contributed by atoms with Gasteiger partial charge in [0.2, 0.25) is 0 Å². The number of thioether (sulfide) groups is 1. The van der Waals surface area contributed by atoms with Gasteiger partial charge < -0.3 is 0 Å². The van der Waals surface area contributed by atoms with Gasteiger partial charge in [-0.05, 0) is 6.26 Å². The number of rotatable bonds is 3. The number of hydrogen-bond acceptors (Lipinski definition) is 3. The molecule has 0 spiro atoms. The second kappa shape index (κ2) is 3.76. The lowest BCUT2D eigenvalue weighted by molar-refractivity contribution is 0.890. The van der Waals surface area contributed by atoms with E-state index >= 15 is 0 Å². The molecule has 0 N–H and O–H groups in total. The Balaban J connectivity index is 2.40. The highest BCUT2D eigenvalue weighted by Crippen LogP contribution is 2.09. The van der Waals surface area contributed by atoms with Crippen molar-refractivity contribution in [3.63, 3.8) is 0 Å². The summed E-state index contributed by atoms with van der Waals surface area (Å²) in [7, 11) is 0. The summed E-state index contributed by atoms with van der Waals surface area (Å²) in [5.74, 6) is 2.67. The Hall–Kier alpha value is -0.310. The second-order valence-electron chi connectivity index (χ2n) is 2.37. The molecule has 1 aliphatic heterocycles. The molecule has 2 nitrogen and oxygen atoms in total. The maximum atomic E-state index is 4.24. The van der Waals surface area contributed by atoms with Crippen LogP contribution in [0.3, 0.4) is 0 Å². The van der Waals surface area contributed by atoms with E-state index in [0.717, 1.165) is 18.1 Å². The summed E-state index contributed by atoms with van der Waals surface area (Å²) in [5, 5.41) is 0. The lowest BCUT2D eigenvalue weighted by atomic mass is 10.2. The van der Waals surface area contributed by atoms with Gasteiger partial charge in [-0.3, -0.25) is 4.99 Å². The molecular weight excluding hydrogens is 144 g/mol.